The summed E-state index contributed by atoms with van der Waals surface area (Å²) in [6.45, 7) is 0.701. The number of hydrogen-bond donors (Lipinski definition) is 0. The van der Waals surface area contributed by atoms with E-state index in [1.165, 1.54) is 23.1 Å². The van der Waals surface area contributed by atoms with E-state index in [0.29, 0.717) is 0 Å². The molecule has 2 aliphatic heterocycles. The van der Waals surface area contributed by atoms with Crippen molar-refractivity contribution >= 4 is 26.8 Å². The van der Waals surface area contributed by atoms with Crippen molar-refractivity contribution in [1.82, 2.24) is 14.5 Å². The highest BCUT2D eigenvalue weighted by Crippen LogP contribution is 2.34. The molecule has 1 atom stereocenters. The molecule has 2 aliphatic rings. The predicted molar refractivity (Wildman–Crippen MR) is 108 cm³/mol. The molecule has 3 heterocycles. The number of nitrogens with zero attached hydrogens (tertiary/aromatic N) is 3. The lowest BCUT2D eigenvalue weighted by molar-refractivity contribution is -0.121. The molecular formula is C21H20FN3O4S. The molecule has 2 fully saturated rings. The lowest BCUT2D eigenvalue weighted by atomic mass is 9.94. The molecule has 9 heteroatoms. The zero-order valence-corrected chi connectivity index (χ0v) is 16.9. The number of fused-ring (bicyclic) bond motifs is 1. The van der Waals surface area contributed by atoms with Crippen LogP contribution in [-0.2, 0) is 21.1 Å². The van der Waals surface area contributed by atoms with Crippen LogP contribution >= 0.6 is 0 Å². The molecule has 1 aromatic heterocycles. The van der Waals surface area contributed by atoms with Crippen molar-refractivity contribution < 1.29 is 22.3 Å². The summed E-state index contributed by atoms with van der Waals surface area (Å²) in [7, 11) is -3.43. The van der Waals surface area contributed by atoms with E-state index in [-0.39, 0.29) is 43.5 Å². The van der Waals surface area contributed by atoms with Crippen molar-refractivity contribution in [3.8, 4) is 0 Å². The van der Waals surface area contributed by atoms with Gasteiger partial charge in [-0.05, 0) is 30.3 Å². The van der Waals surface area contributed by atoms with Gasteiger partial charge in [-0.2, -0.15) is 0 Å². The number of sulfone groups is 1. The van der Waals surface area contributed by atoms with Crippen LogP contribution in [0.2, 0.25) is 0 Å². The number of carbonyl (C=O) groups excluding carboxylic acids is 1. The van der Waals surface area contributed by atoms with Crippen molar-refractivity contribution in [2.75, 3.05) is 25.4 Å². The maximum Gasteiger partial charge on any atom is 0.254 e. The molecule has 2 saturated heterocycles. The fourth-order valence-corrected chi connectivity index (χ4v) is 6.12. The minimum absolute atomic E-state index is 0.0663. The summed E-state index contributed by atoms with van der Waals surface area (Å²) in [6.07, 6.45) is 1.65. The third kappa shape index (κ3) is 3.27. The van der Waals surface area contributed by atoms with Crippen LogP contribution in [0.25, 0.3) is 11.0 Å². The minimum atomic E-state index is -3.43. The Hall–Kier alpha value is -2.78. The first-order chi connectivity index (χ1) is 14.4. The molecule has 7 nitrogen and oxygen atoms in total. The third-order valence-corrected chi connectivity index (χ3v) is 8.02. The van der Waals surface area contributed by atoms with Gasteiger partial charge in [-0.25, -0.2) is 17.8 Å². The summed E-state index contributed by atoms with van der Waals surface area (Å²) >= 11 is 0. The van der Waals surface area contributed by atoms with Gasteiger partial charge in [0.25, 0.3) is 5.91 Å². The number of halogens is 1. The van der Waals surface area contributed by atoms with Crippen molar-refractivity contribution in [1.29, 1.82) is 0 Å². The van der Waals surface area contributed by atoms with Crippen molar-refractivity contribution in [2.45, 2.75) is 17.4 Å². The molecule has 0 radical (unpaired) electrons. The van der Waals surface area contributed by atoms with Gasteiger partial charge in [0.15, 0.2) is 9.84 Å². The second-order valence-electron chi connectivity index (χ2n) is 7.98. The van der Waals surface area contributed by atoms with E-state index in [9.17, 15) is 17.6 Å². The van der Waals surface area contributed by atoms with Crippen LogP contribution in [0.15, 0.2) is 54.9 Å². The zero-order chi connectivity index (χ0) is 20.9. The maximum atomic E-state index is 13.4. The molecule has 0 unspecified atom stereocenters. The Labute approximate surface area is 173 Å². The van der Waals surface area contributed by atoms with Gasteiger partial charge in [0.05, 0.1) is 42.8 Å². The van der Waals surface area contributed by atoms with Crippen LogP contribution in [0.5, 0.6) is 0 Å². The first-order valence-electron chi connectivity index (χ1n) is 9.66. The predicted octanol–water partition coefficient (Wildman–Crippen LogP) is 1.88. The number of amides is 1. The van der Waals surface area contributed by atoms with E-state index >= 15 is 0 Å². The standard InChI is InChI=1S/C21H20FN3O4S/c22-16-5-3-4-15(8-16)20(26)25-11-21(12-25)13-30(27,28)17(10-29-21)9-24-14-23-18-6-1-2-7-19(18)24/h1-8,14,17H,9-13H2/t17-/m0/s1. The number of ether oxygens (including phenoxy) is 1. The number of likely N-dealkylation sites (tertiary alicyclic amines) is 1. The van der Waals surface area contributed by atoms with Gasteiger partial charge in [0.2, 0.25) is 0 Å². The molecule has 0 saturated carbocycles. The van der Waals surface area contributed by atoms with Crippen molar-refractivity contribution in [2.24, 2.45) is 0 Å². The van der Waals surface area contributed by atoms with Gasteiger partial charge in [-0.1, -0.05) is 18.2 Å². The van der Waals surface area contributed by atoms with E-state index in [0.717, 1.165) is 11.0 Å². The molecule has 1 spiro atoms. The number of benzene rings is 2. The Kier molecular flexibility index (Phi) is 4.41. The molecule has 0 N–H and O–H groups in total. The van der Waals surface area contributed by atoms with Crippen LogP contribution in [0.1, 0.15) is 10.4 Å². The van der Waals surface area contributed by atoms with E-state index in [1.807, 2.05) is 28.8 Å². The van der Waals surface area contributed by atoms with Crippen LogP contribution in [0.3, 0.4) is 0 Å². The number of imidazole rings is 1. The van der Waals surface area contributed by atoms with Crippen LogP contribution in [-0.4, -0.2) is 65.1 Å². The minimum Gasteiger partial charge on any atom is -0.369 e. The number of hydrogen-bond acceptors (Lipinski definition) is 5. The molecule has 1 amide bonds. The molecule has 156 valence electrons. The Morgan fingerprint density at radius 2 is 2.00 bits per heavy atom. The Morgan fingerprint density at radius 1 is 1.20 bits per heavy atom. The molecule has 2 aromatic carbocycles. The second kappa shape index (κ2) is 6.88. The fourth-order valence-electron chi connectivity index (χ4n) is 4.22. The largest absolute Gasteiger partial charge is 0.369 e. The number of carbonyl (C=O) groups is 1. The number of rotatable bonds is 3. The number of aromatic nitrogens is 2. The first kappa shape index (κ1) is 19.2. The lowest BCUT2D eigenvalue weighted by Crippen LogP contribution is -2.70. The van der Waals surface area contributed by atoms with E-state index in [4.69, 9.17) is 4.74 Å². The van der Waals surface area contributed by atoms with E-state index < -0.39 is 26.5 Å². The van der Waals surface area contributed by atoms with Gasteiger partial charge in [0.1, 0.15) is 16.7 Å². The molecule has 3 aromatic rings. The molecule has 5 rings (SSSR count). The summed E-state index contributed by atoms with van der Waals surface area (Å²) in [5.74, 6) is -0.944. The van der Waals surface area contributed by atoms with Crippen LogP contribution in [0.4, 0.5) is 4.39 Å². The van der Waals surface area contributed by atoms with Gasteiger partial charge in [0, 0.05) is 12.1 Å². The summed E-state index contributed by atoms with van der Waals surface area (Å²) in [5, 5.41) is -0.672. The average molecular weight is 429 g/mol. The summed E-state index contributed by atoms with van der Waals surface area (Å²) in [6, 6.07) is 13.0. The van der Waals surface area contributed by atoms with Crippen LogP contribution < -0.4 is 0 Å². The average Bonchev–Trinajstić information content (AvgIpc) is 3.10. The highest BCUT2D eigenvalue weighted by molar-refractivity contribution is 7.92. The summed E-state index contributed by atoms with van der Waals surface area (Å²) in [4.78, 5) is 18.3. The molecule has 0 bridgehead atoms. The second-order valence-corrected chi connectivity index (χ2v) is 10.3. The van der Waals surface area contributed by atoms with E-state index in [2.05, 4.69) is 4.98 Å². The van der Waals surface area contributed by atoms with Crippen molar-refractivity contribution in [3.05, 3.63) is 66.2 Å². The molecular weight excluding hydrogens is 409 g/mol. The lowest BCUT2D eigenvalue weighted by Gasteiger charge is -2.52. The SMILES string of the molecule is O=C(c1cccc(F)c1)N1CC2(C1)CS(=O)(=O)[C@@H](Cn1cnc3ccccc31)CO2. The first-order valence-corrected chi connectivity index (χ1v) is 11.4. The fraction of sp³-hybridized carbons (Fsp3) is 0.333. The highest BCUT2D eigenvalue weighted by atomic mass is 32.2. The van der Waals surface area contributed by atoms with E-state index in [1.54, 1.807) is 12.4 Å². The number of para-hydroxylation sites is 2. The van der Waals surface area contributed by atoms with Gasteiger partial charge in [-0.3, -0.25) is 4.79 Å². The normalized spacial score (nSPS) is 22.2. The highest BCUT2D eigenvalue weighted by Gasteiger charge is 2.53. The molecule has 30 heavy (non-hydrogen) atoms. The Morgan fingerprint density at radius 3 is 2.77 bits per heavy atom. The smallest absolute Gasteiger partial charge is 0.254 e. The topological polar surface area (TPSA) is 81.5 Å². The zero-order valence-electron chi connectivity index (χ0n) is 16.1. The maximum absolute atomic E-state index is 13.4. The summed E-state index contributed by atoms with van der Waals surface area (Å²) in [5.41, 5.74) is 1.06. The monoisotopic (exact) mass is 429 g/mol. The third-order valence-electron chi connectivity index (χ3n) is 5.79. The summed E-state index contributed by atoms with van der Waals surface area (Å²) < 4.78 is 47.1. The Balaban J connectivity index is 1.27. The van der Waals surface area contributed by atoms with Gasteiger partial charge in [-0.15, -0.1) is 0 Å². The van der Waals surface area contributed by atoms with Gasteiger partial charge < -0.3 is 14.2 Å². The Bertz CT molecular complexity index is 1230. The van der Waals surface area contributed by atoms with Gasteiger partial charge >= 0.3 is 0 Å². The van der Waals surface area contributed by atoms with Crippen LogP contribution in [0, 0.1) is 5.82 Å². The quantitative estimate of drug-likeness (QED) is 0.635. The molecule has 0 aliphatic carbocycles. The van der Waals surface area contributed by atoms with Crippen molar-refractivity contribution in [3.63, 3.8) is 0 Å².